The first kappa shape index (κ1) is 12.6. The van der Waals surface area contributed by atoms with Crippen LogP contribution in [0.4, 0.5) is 14.5 Å². The molecular formula is C13H12ClF2N3. The van der Waals surface area contributed by atoms with Gasteiger partial charge in [-0.2, -0.15) is 0 Å². The predicted octanol–water partition coefficient (Wildman–Crippen LogP) is 2.58. The van der Waals surface area contributed by atoms with Crippen molar-refractivity contribution in [3.63, 3.8) is 0 Å². The average Bonchev–Trinajstić information content (AvgIpc) is 2.40. The van der Waals surface area contributed by atoms with Crippen LogP contribution >= 0.6 is 11.6 Å². The van der Waals surface area contributed by atoms with Crippen LogP contribution in [0.5, 0.6) is 0 Å². The molecular weight excluding hydrogens is 272 g/mol. The van der Waals surface area contributed by atoms with Gasteiger partial charge in [0.2, 0.25) is 0 Å². The normalized spacial score (nSPS) is 16.1. The van der Waals surface area contributed by atoms with Gasteiger partial charge in [-0.3, -0.25) is 4.98 Å². The lowest BCUT2D eigenvalue weighted by molar-refractivity contribution is 0.583. The van der Waals surface area contributed by atoms with Gasteiger partial charge in [-0.05, 0) is 0 Å². The number of aromatic nitrogens is 1. The molecule has 1 aromatic heterocycles. The largest absolute Gasteiger partial charge is 0.367 e. The standard InChI is InChI=1S/C13H12ClF2N3/c14-9-7-18-11-6-8(15)5-10(16)12(11)13(9)19-3-1-17-2-4-19/h5-7,17H,1-4H2. The molecule has 1 N–H and O–H groups in total. The van der Waals surface area contributed by atoms with Gasteiger partial charge in [-0.25, -0.2) is 8.78 Å². The number of benzene rings is 1. The van der Waals surface area contributed by atoms with E-state index in [2.05, 4.69) is 10.3 Å². The van der Waals surface area contributed by atoms with Gasteiger partial charge in [0.25, 0.3) is 0 Å². The summed E-state index contributed by atoms with van der Waals surface area (Å²) >= 11 is 6.16. The molecule has 0 atom stereocenters. The monoisotopic (exact) mass is 283 g/mol. The van der Waals surface area contributed by atoms with E-state index in [9.17, 15) is 8.78 Å². The summed E-state index contributed by atoms with van der Waals surface area (Å²) in [6.07, 6.45) is 1.44. The van der Waals surface area contributed by atoms with Gasteiger partial charge in [0.1, 0.15) is 11.6 Å². The van der Waals surface area contributed by atoms with Crippen molar-refractivity contribution in [2.24, 2.45) is 0 Å². The highest BCUT2D eigenvalue weighted by Crippen LogP contribution is 2.35. The van der Waals surface area contributed by atoms with Gasteiger partial charge in [0.05, 0.1) is 21.6 Å². The maximum Gasteiger partial charge on any atom is 0.137 e. The smallest absolute Gasteiger partial charge is 0.137 e. The number of piperazine rings is 1. The van der Waals surface area contributed by atoms with E-state index >= 15 is 0 Å². The minimum Gasteiger partial charge on any atom is -0.367 e. The van der Waals surface area contributed by atoms with E-state index < -0.39 is 11.6 Å². The van der Waals surface area contributed by atoms with E-state index in [0.29, 0.717) is 10.7 Å². The zero-order valence-corrected chi connectivity index (χ0v) is 10.8. The van der Waals surface area contributed by atoms with Crippen molar-refractivity contribution in [3.05, 3.63) is 35.0 Å². The summed E-state index contributed by atoms with van der Waals surface area (Å²) in [6.45, 7) is 3.08. The number of nitrogens with zero attached hydrogens (tertiary/aromatic N) is 2. The van der Waals surface area contributed by atoms with Crippen LogP contribution in [0.15, 0.2) is 18.3 Å². The van der Waals surface area contributed by atoms with Crippen molar-refractivity contribution in [1.29, 1.82) is 0 Å². The number of rotatable bonds is 1. The molecule has 1 aliphatic heterocycles. The van der Waals surface area contributed by atoms with Crippen molar-refractivity contribution < 1.29 is 8.78 Å². The van der Waals surface area contributed by atoms with Crippen LogP contribution in [-0.4, -0.2) is 31.2 Å². The SMILES string of the molecule is Fc1cc(F)c2c(N3CCNCC3)c(Cl)cnc2c1. The molecule has 6 heteroatoms. The molecule has 3 nitrogen and oxygen atoms in total. The van der Waals surface area contributed by atoms with Gasteiger partial charge in [0, 0.05) is 44.5 Å². The third-order valence-corrected chi connectivity index (χ3v) is 3.52. The summed E-state index contributed by atoms with van der Waals surface area (Å²) in [5.74, 6) is -1.26. The Morgan fingerprint density at radius 3 is 2.68 bits per heavy atom. The number of halogens is 3. The Morgan fingerprint density at radius 2 is 1.95 bits per heavy atom. The van der Waals surface area contributed by atoms with Crippen molar-refractivity contribution >= 4 is 28.2 Å². The summed E-state index contributed by atoms with van der Waals surface area (Å²) in [6, 6.07) is 2.09. The molecule has 1 saturated heterocycles. The molecule has 0 spiro atoms. The molecule has 100 valence electrons. The molecule has 0 aliphatic carbocycles. The number of anilines is 1. The number of nitrogens with one attached hydrogen (secondary N) is 1. The molecule has 0 saturated carbocycles. The van der Waals surface area contributed by atoms with Crippen LogP contribution in [-0.2, 0) is 0 Å². The maximum atomic E-state index is 14.1. The van der Waals surface area contributed by atoms with Gasteiger partial charge < -0.3 is 10.2 Å². The molecule has 19 heavy (non-hydrogen) atoms. The van der Waals surface area contributed by atoms with E-state index in [4.69, 9.17) is 11.6 Å². The minimum absolute atomic E-state index is 0.287. The van der Waals surface area contributed by atoms with Crippen molar-refractivity contribution in [2.45, 2.75) is 0 Å². The lowest BCUT2D eigenvalue weighted by Gasteiger charge is -2.31. The predicted molar refractivity (Wildman–Crippen MR) is 71.8 cm³/mol. The van der Waals surface area contributed by atoms with Crippen LogP contribution < -0.4 is 10.2 Å². The molecule has 2 aromatic rings. The van der Waals surface area contributed by atoms with Gasteiger partial charge >= 0.3 is 0 Å². The van der Waals surface area contributed by atoms with Crippen molar-refractivity contribution in [1.82, 2.24) is 10.3 Å². The number of hydrogen-bond donors (Lipinski definition) is 1. The lowest BCUT2D eigenvalue weighted by atomic mass is 10.1. The third-order valence-electron chi connectivity index (χ3n) is 3.25. The lowest BCUT2D eigenvalue weighted by Crippen LogP contribution is -2.43. The molecule has 1 fully saturated rings. The van der Waals surface area contributed by atoms with Gasteiger partial charge in [-0.15, -0.1) is 0 Å². The van der Waals surface area contributed by atoms with E-state index in [-0.39, 0.29) is 10.9 Å². The summed E-state index contributed by atoms with van der Waals surface area (Å²) < 4.78 is 27.3. The third kappa shape index (κ3) is 2.24. The van der Waals surface area contributed by atoms with E-state index in [0.717, 1.165) is 32.2 Å². The Bertz CT molecular complexity index is 627. The van der Waals surface area contributed by atoms with E-state index in [1.165, 1.54) is 12.3 Å². The molecule has 0 radical (unpaired) electrons. The van der Waals surface area contributed by atoms with Crippen molar-refractivity contribution in [3.8, 4) is 0 Å². The molecule has 0 amide bonds. The average molecular weight is 284 g/mol. The molecule has 1 aromatic carbocycles. The van der Waals surface area contributed by atoms with Crippen LogP contribution in [0.2, 0.25) is 5.02 Å². The van der Waals surface area contributed by atoms with Crippen LogP contribution in [0.1, 0.15) is 0 Å². The topological polar surface area (TPSA) is 28.2 Å². The Balaban J connectivity index is 2.23. The highest BCUT2D eigenvalue weighted by Gasteiger charge is 2.20. The highest BCUT2D eigenvalue weighted by atomic mass is 35.5. The first-order chi connectivity index (χ1) is 9.16. The molecule has 0 bridgehead atoms. The zero-order chi connectivity index (χ0) is 13.4. The van der Waals surface area contributed by atoms with Crippen LogP contribution in [0.3, 0.4) is 0 Å². The zero-order valence-electron chi connectivity index (χ0n) is 10.1. The fourth-order valence-corrected chi connectivity index (χ4v) is 2.66. The Morgan fingerprint density at radius 1 is 1.21 bits per heavy atom. The maximum absolute atomic E-state index is 14.1. The second-order valence-electron chi connectivity index (χ2n) is 4.47. The molecule has 2 heterocycles. The summed E-state index contributed by atoms with van der Waals surface area (Å²) in [5.41, 5.74) is 0.890. The summed E-state index contributed by atoms with van der Waals surface area (Å²) in [4.78, 5) is 6.01. The highest BCUT2D eigenvalue weighted by molar-refractivity contribution is 6.34. The Hall–Kier alpha value is -1.46. The molecule has 0 unspecified atom stereocenters. The summed E-state index contributed by atoms with van der Waals surface area (Å²) in [7, 11) is 0. The first-order valence-electron chi connectivity index (χ1n) is 6.06. The Labute approximate surface area is 114 Å². The van der Waals surface area contributed by atoms with Crippen LogP contribution in [0, 0.1) is 11.6 Å². The second-order valence-corrected chi connectivity index (χ2v) is 4.88. The Kier molecular flexibility index (Phi) is 3.24. The summed E-state index contributed by atoms with van der Waals surface area (Å²) in [5, 5.41) is 3.90. The fraction of sp³-hybridized carbons (Fsp3) is 0.308. The number of fused-ring (bicyclic) bond motifs is 1. The molecule has 1 aliphatic rings. The fourth-order valence-electron chi connectivity index (χ4n) is 2.40. The van der Waals surface area contributed by atoms with Gasteiger partial charge in [0.15, 0.2) is 0 Å². The first-order valence-corrected chi connectivity index (χ1v) is 6.43. The van der Waals surface area contributed by atoms with Crippen LogP contribution in [0.25, 0.3) is 10.9 Å². The second kappa shape index (κ2) is 4.90. The van der Waals surface area contributed by atoms with E-state index in [1.807, 2.05) is 4.90 Å². The quantitative estimate of drug-likeness (QED) is 0.872. The minimum atomic E-state index is -0.633. The molecule has 3 rings (SSSR count). The van der Waals surface area contributed by atoms with Crippen molar-refractivity contribution in [2.75, 3.05) is 31.1 Å². The number of pyridine rings is 1. The number of hydrogen-bond acceptors (Lipinski definition) is 3. The van der Waals surface area contributed by atoms with E-state index in [1.54, 1.807) is 0 Å². The van der Waals surface area contributed by atoms with Gasteiger partial charge in [-0.1, -0.05) is 11.6 Å².